The molecule has 0 amide bonds. The summed E-state index contributed by atoms with van der Waals surface area (Å²) >= 11 is 3.20. The smallest absolute Gasteiger partial charge is 0.323 e. The van der Waals surface area contributed by atoms with Crippen molar-refractivity contribution in [3.05, 3.63) is 28.2 Å². The van der Waals surface area contributed by atoms with Crippen molar-refractivity contribution in [3.8, 4) is 5.75 Å². The Morgan fingerprint density at radius 3 is 2.88 bits per heavy atom. The molecule has 3 N–H and O–H groups in total. The van der Waals surface area contributed by atoms with Crippen LogP contribution >= 0.6 is 15.9 Å². The molecule has 0 aliphatic rings. The van der Waals surface area contributed by atoms with Crippen LogP contribution in [0.3, 0.4) is 0 Å². The van der Waals surface area contributed by atoms with Gasteiger partial charge in [0.05, 0.1) is 11.1 Å². The average molecular weight is 288 g/mol. The molecule has 0 unspecified atom stereocenters. The molecule has 1 atom stereocenters. The second kappa shape index (κ2) is 5.86. The number of rotatable bonds is 4. The zero-order valence-electron chi connectivity index (χ0n) is 8.94. The van der Waals surface area contributed by atoms with Crippen molar-refractivity contribution in [2.75, 3.05) is 6.61 Å². The monoisotopic (exact) mass is 287 g/mol. The van der Waals surface area contributed by atoms with Gasteiger partial charge in [-0.3, -0.25) is 4.79 Å². The van der Waals surface area contributed by atoms with Gasteiger partial charge in [0.2, 0.25) is 0 Å². The van der Waals surface area contributed by atoms with E-state index in [4.69, 9.17) is 10.5 Å². The number of nitrogens with two attached hydrogens (primary N) is 1. The Labute approximate surface area is 103 Å². The van der Waals surface area contributed by atoms with E-state index >= 15 is 0 Å². The van der Waals surface area contributed by atoms with Crippen LogP contribution < -0.4 is 5.73 Å². The minimum Gasteiger partial charge on any atom is -0.507 e. The van der Waals surface area contributed by atoms with E-state index in [1.807, 2.05) is 0 Å². The zero-order valence-corrected chi connectivity index (χ0v) is 10.5. The molecule has 1 rings (SSSR count). The Morgan fingerprint density at radius 1 is 1.62 bits per heavy atom. The minimum atomic E-state index is -0.670. The van der Waals surface area contributed by atoms with E-state index in [9.17, 15) is 9.90 Å². The van der Waals surface area contributed by atoms with Crippen LogP contribution in [0.15, 0.2) is 22.7 Å². The second-order valence-electron chi connectivity index (χ2n) is 3.35. The fraction of sp³-hybridized carbons (Fsp3) is 0.364. The number of carbonyl (C=O) groups excluding carboxylic acids is 1. The van der Waals surface area contributed by atoms with E-state index < -0.39 is 12.0 Å². The molecule has 0 radical (unpaired) electrons. The van der Waals surface area contributed by atoms with E-state index in [1.54, 1.807) is 25.1 Å². The Kier molecular flexibility index (Phi) is 4.76. The molecule has 88 valence electrons. The summed E-state index contributed by atoms with van der Waals surface area (Å²) in [6, 6.07) is 4.33. The van der Waals surface area contributed by atoms with Gasteiger partial charge in [-0.25, -0.2) is 0 Å². The minimum absolute atomic E-state index is 0.161. The lowest BCUT2D eigenvalue weighted by molar-refractivity contribution is -0.144. The van der Waals surface area contributed by atoms with Gasteiger partial charge >= 0.3 is 5.97 Å². The third-order valence-corrected chi connectivity index (χ3v) is 2.69. The highest BCUT2D eigenvalue weighted by Crippen LogP contribution is 2.24. The van der Waals surface area contributed by atoms with Gasteiger partial charge in [0.15, 0.2) is 0 Å². The first-order valence-electron chi connectivity index (χ1n) is 4.94. The van der Waals surface area contributed by atoms with Crippen LogP contribution in [0.25, 0.3) is 0 Å². The highest BCUT2D eigenvalue weighted by Gasteiger charge is 2.15. The number of phenolic OH excluding ortho intramolecular Hbond substituents is 1. The molecule has 0 bridgehead atoms. The number of aromatic hydroxyl groups is 1. The molecule has 0 saturated heterocycles. The highest BCUT2D eigenvalue weighted by molar-refractivity contribution is 9.10. The molecule has 0 aromatic heterocycles. The molecule has 0 heterocycles. The van der Waals surface area contributed by atoms with Crippen LogP contribution in [0.1, 0.15) is 12.5 Å². The van der Waals surface area contributed by atoms with Crippen molar-refractivity contribution in [1.29, 1.82) is 0 Å². The predicted octanol–water partition coefficient (Wildman–Crippen LogP) is 1.59. The number of phenols is 1. The number of halogens is 1. The standard InChI is InChI=1S/C11H14BrNO3/c1-2-16-11(15)9(13)6-7-3-4-10(14)8(12)5-7/h3-5,9,14H,2,6,13H2,1H3/t9-/m0/s1. The van der Waals surface area contributed by atoms with Crippen LogP contribution in [0.4, 0.5) is 0 Å². The topological polar surface area (TPSA) is 72.5 Å². The van der Waals surface area contributed by atoms with Gasteiger partial charge in [-0.1, -0.05) is 6.07 Å². The van der Waals surface area contributed by atoms with Gasteiger partial charge in [0.25, 0.3) is 0 Å². The fourth-order valence-electron chi connectivity index (χ4n) is 1.26. The van der Waals surface area contributed by atoms with Gasteiger partial charge in [-0.2, -0.15) is 0 Å². The summed E-state index contributed by atoms with van der Waals surface area (Å²) in [6.07, 6.45) is 0.387. The average Bonchev–Trinajstić information content (AvgIpc) is 2.24. The maximum atomic E-state index is 11.3. The summed E-state index contributed by atoms with van der Waals surface area (Å²) in [5.41, 5.74) is 6.54. The molecule has 0 fully saturated rings. The molecule has 5 heteroatoms. The number of hydrogen-bond donors (Lipinski definition) is 2. The first kappa shape index (κ1) is 13.0. The van der Waals surface area contributed by atoms with Gasteiger partial charge in [0.1, 0.15) is 11.8 Å². The van der Waals surface area contributed by atoms with Crippen molar-refractivity contribution in [2.45, 2.75) is 19.4 Å². The van der Waals surface area contributed by atoms with Crippen LogP contribution in [0, 0.1) is 0 Å². The van der Waals surface area contributed by atoms with E-state index in [0.29, 0.717) is 17.5 Å². The summed E-state index contributed by atoms with van der Waals surface area (Å²) in [7, 11) is 0. The third-order valence-electron chi connectivity index (χ3n) is 2.06. The van der Waals surface area contributed by atoms with Gasteiger partial charge in [-0.05, 0) is 47.0 Å². The largest absolute Gasteiger partial charge is 0.507 e. The van der Waals surface area contributed by atoms with Crippen molar-refractivity contribution < 1.29 is 14.6 Å². The summed E-state index contributed by atoms with van der Waals surface area (Å²) in [6.45, 7) is 2.06. The number of carbonyl (C=O) groups is 1. The van der Waals surface area contributed by atoms with Crippen molar-refractivity contribution in [1.82, 2.24) is 0 Å². The molecule has 1 aromatic rings. The maximum absolute atomic E-state index is 11.3. The molecule has 4 nitrogen and oxygen atoms in total. The first-order chi connectivity index (χ1) is 7.54. The zero-order chi connectivity index (χ0) is 12.1. The first-order valence-corrected chi connectivity index (χ1v) is 5.73. The summed E-state index contributed by atoms with van der Waals surface area (Å²) in [4.78, 5) is 11.3. The quantitative estimate of drug-likeness (QED) is 0.825. The number of hydrogen-bond acceptors (Lipinski definition) is 4. The van der Waals surface area contributed by atoms with Gasteiger partial charge < -0.3 is 15.6 Å². The number of benzene rings is 1. The highest BCUT2D eigenvalue weighted by atomic mass is 79.9. The Bertz CT molecular complexity index is 381. The molecule has 0 aliphatic carbocycles. The Balaban J connectivity index is 2.66. The number of esters is 1. The van der Waals surface area contributed by atoms with E-state index in [-0.39, 0.29) is 5.75 Å². The van der Waals surface area contributed by atoms with Crippen LogP contribution in [0.2, 0.25) is 0 Å². The van der Waals surface area contributed by atoms with Crippen LogP contribution in [-0.2, 0) is 16.0 Å². The Hall–Kier alpha value is -1.07. The normalized spacial score (nSPS) is 12.2. The third kappa shape index (κ3) is 3.50. The molecule has 0 spiro atoms. The number of ether oxygens (including phenoxy) is 1. The van der Waals surface area contributed by atoms with Gasteiger partial charge in [-0.15, -0.1) is 0 Å². The molecule has 0 saturated carbocycles. The van der Waals surface area contributed by atoms with Crippen LogP contribution in [-0.4, -0.2) is 23.7 Å². The maximum Gasteiger partial charge on any atom is 0.323 e. The lowest BCUT2D eigenvalue weighted by Gasteiger charge is -2.10. The molecular weight excluding hydrogens is 274 g/mol. The molecule has 1 aromatic carbocycles. The summed E-state index contributed by atoms with van der Waals surface area (Å²) in [5, 5.41) is 9.30. The molecule has 0 aliphatic heterocycles. The van der Waals surface area contributed by atoms with Gasteiger partial charge in [0, 0.05) is 0 Å². The Morgan fingerprint density at radius 2 is 2.31 bits per heavy atom. The van der Waals surface area contributed by atoms with Crippen molar-refractivity contribution >= 4 is 21.9 Å². The second-order valence-corrected chi connectivity index (χ2v) is 4.20. The predicted molar refractivity (Wildman–Crippen MR) is 64.1 cm³/mol. The lowest BCUT2D eigenvalue weighted by atomic mass is 10.1. The van der Waals surface area contributed by atoms with E-state index in [0.717, 1.165) is 5.56 Å². The van der Waals surface area contributed by atoms with Crippen LogP contribution in [0.5, 0.6) is 5.75 Å². The lowest BCUT2D eigenvalue weighted by Crippen LogP contribution is -2.34. The molecular formula is C11H14BrNO3. The van der Waals surface area contributed by atoms with Crippen molar-refractivity contribution in [2.24, 2.45) is 5.73 Å². The molecule has 16 heavy (non-hydrogen) atoms. The fourth-order valence-corrected chi connectivity index (χ4v) is 1.69. The van der Waals surface area contributed by atoms with Crippen molar-refractivity contribution in [3.63, 3.8) is 0 Å². The van der Waals surface area contributed by atoms with E-state index in [2.05, 4.69) is 15.9 Å². The SMILES string of the molecule is CCOC(=O)[C@@H](N)Cc1ccc(O)c(Br)c1. The summed E-state index contributed by atoms with van der Waals surface area (Å²) < 4.78 is 5.39. The summed E-state index contributed by atoms with van der Waals surface area (Å²) in [5.74, 6) is -0.250. The van der Waals surface area contributed by atoms with E-state index in [1.165, 1.54) is 0 Å².